The minimum Gasteiger partial charge on any atom is -0.379 e. The monoisotopic (exact) mass is 283 g/mol. The number of amides is 1. The summed E-state index contributed by atoms with van der Waals surface area (Å²) in [5.74, 6) is 0.787. The highest BCUT2D eigenvalue weighted by Gasteiger charge is 2.21. The zero-order valence-electron chi connectivity index (χ0n) is 13.0. The Bertz CT molecular complexity index is 295. The predicted octanol–water partition coefficient (Wildman–Crippen LogP) is 0.509. The summed E-state index contributed by atoms with van der Waals surface area (Å²) in [6.45, 7) is 14.2. The van der Waals surface area contributed by atoms with E-state index in [0.29, 0.717) is 18.2 Å². The van der Waals surface area contributed by atoms with E-state index < -0.39 is 0 Å². The Hall–Kier alpha value is -0.650. The zero-order valence-corrected chi connectivity index (χ0v) is 13.0. The quantitative estimate of drug-likeness (QED) is 0.736. The minimum atomic E-state index is 0.327. The van der Waals surface area contributed by atoms with Crippen LogP contribution in [0.5, 0.6) is 0 Å². The molecule has 2 aliphatic heterocycles. The first-order chi connectivity index (χ1) is 9.65. The topological polar surface area (TPSA) is 36.0 Å². The molecule has 2 saturated heterocycles. The Morgan fingerprint density at radius 2 is 1.50 bits per heavy atom. The van der Waals surface area contributed by atoms with E-state index in [4.69, 9.17) is 4.74 Å². The number of carbonyl (C=O) groups is 1. The van der Waals surface area contributed by atoms with Crippen LogP contribution in [-0.4, -0.2) is 86.2 Å². The van der Waals surface area contributed by atoms with Gasteiger partial charge in [0.05, 0.1) is 13.2 Å². The van der Waals surface area contributed by atoms with Crippen LogP contribution in [0.3, 0.4) is 0 Å². The summed E-state index contributed by atoms with van der Waals surface area (Å²) >= 11 is 0. The molecule has 0 saturated carbocycles. The van der Waals surface area contributed by atoms with E-state index in [1.165, 1.54) is 0 Å². The fraction of sp³-hybridized carbons (Fsp3) is 0.933. The van der Waals surface area contributed by atoms with Gasteiger partial charge in [-0.25, -0.2) is 0 Å². The maximum atomic E-state index is 12.0. The molecule has 0 aliphatic carbocycles. The van der Waals surface area contributed by atoms with E-state index in [1.807, 2.05) is 4.90 Å². The van der Waals surface area contributed by atoms with Crippen LogP contribution < -0.4 is 0 Å². The molecule has 20 heavy (non-hydrogen) atoms. The molecule has 0 spiro atoms. The van der Waals surface area contributed by atoms with Crippen molar-refractivity contribution in [3.8, 4) is 0 Å². The van der Waals surface area contributed by atoms with Gasteiger partial charge in [0.2, 0.25) is 5.91 Å². The van der Waals surface area contributed by atoms with Gasteiger partial charge in [-0.3, -0.25) is 14.6 Å². The summed E-state index contributed by atoms with van der Waals surface area (Å²) in [5, 5.41) is 0. The van der Waals surface area contributed by atoms with Crippen LogP contribution in [0.2, 0.25) is 0 Å². The Morgan fingerprint density at radius 1 is 0.950 bits per heavy atom. The lowest BCUT2D eigenvalue weighted by atomic mass is 10.1. The van der Waals surface area contributed by atoms with Crippen molar-refractivity contribution < 1.29 is 9.53 Å². The molecule has 2 heterocycles. The van der Waals surface area contributed by atoms with Gasteiger partial charge < -0.3 is 9.64 Å². The number of nitrogens with zero attached hydrogens (tertiary/aromatic N) is 3. The molecule has 0 radical (unpaired) electrons. The van der Waals surface area contributed by atoms with Crippen molar-refractivity contribution in [2.45, 2.75) is 20.3 Å². The average molecular weight is 283 g/mol. The van der Waals surface area contributed by atoms with Crippen molar-refractivity contribution in [2.24, 2.45) is 5.92 Å². The van der Waals surface area contributed by atoms with E-state index >= 15 is 0 Å². The molecule has 0 unspecified atom stereocenters. The number of hydrogen-bond acceptors (Lipinski definition) is 4. The molecule has 5 heteroatoms. The van der Waals surface area contributed by atoms with Crippen molar-refractivity contribution in [3.05, 3.63) is 0 Å². The van der Waals surface area contributed by atoms with Crippen LogP contribution in [-0.2, 0) is 9.53 Å². The first-order valence-electron chi connectivity index (χ1n) is 7.95. The summed E-state index contributed by atoms with van der Waals surface area (Å²) in [7, 11) is 0. The van der Waals surface area contributed by atoms with Gasteiger partial charge in [-0.2, -0.15) is 0 Å². The summed E-state index contributed by atoms with van der Waals surface area (Å²) in [4.78, 5) is 19.0. The zero-order chi connectivity index (χ0) is 14.4. The Morgan fingerprint density at radius 3 is 2.05 bits per heavy atom. The van der Waals surface area contributed by atoms with Crippen molar-refractivity contribution in [3.63, 3.8) is 0 Å². The molecular weight excluding hydrogens is 254 g/mol. The third-order valence-corrected chi connectivity index (χ3v) is 4.14. The molecule has 1 amide bonds. The number of rotatable bonds is 5. The van der Waals surface area contributed by atoms with E-state index in [9.17, 15) is 4.79 Å². The van der Waals surface area contributed by atoms with Crippen molar-refractivity contribution >= 4 is 5.91 Å². The molecule has 0 atom stereocenters. The number of morpholine rings is 1. The van der Waals surface area contributed by atoms with Gasteiger partial charge in [0.15, 0.2) is 0 Å². The lowest BCUT2D eigenvalue weighted by Crippen LogP contribution is -2.51. The number of ether oxygens (including phenoxy) is 1. The first kappa shape index (κ1) is 15.7. The Balaban J connectivity index is 1.62. The fourth-order valence-electron chi connectivity index (χ4n) is 2.81. The van der Waals surface area contributed by atoms with Crippen LogP contribution >= 0.6 is 0 Å². The highest BCUT2D eigenvalue weighted by atomic mass is 16.5. The lowest BCUT2D eigenvalue weighted by Gasteiger charge is -2.36. The average Bonchev–Trinajstić information content (AvgIpc) is 2.46. The maximum absolute atomic E-state index is 12.0. The van der Waals surface area contributed by atoms with Gasteiger partial charge in [0.1, 0.15) is 0 Å². The third-order valence-electron chi connectivity index (χ3n) is 4.14. The molecule has 2 fully saturated rings. The largest absolute Gasteiger partial charge is 0.379 e. The van der Waals surface area contributed by atoms with Crippen LogP contribution in [0.4, 0.5) is 0 Å². The van der Waals surface area contributed by atoms with Gasteiger partial charge in [-0.05, 0) is 5.92 Å². The van der Waals surface area contributed by atoms with Crippen molar-refractivity contribution in [1.29, 1.82) is 0 Å². The van der Waals surface area contributed by atoms with E-state index in [-0.39, 0.29) is 0 Å². The molecule has 116 valence electrons. The third kappa shape index (κ3) is 5.04. The second kappa shape index (κ2) is 7.96. The summed E-state index contributed by atoms with van der Waals surface area (Å²) < 4.78 is 5.36. The second-order valence-electron chi connectivity index (χ2n) is 6.27. The van der Waals surface area contributed by atoms with Gasteiger partial charge >= 0.3 is 0 Å². The highest BCUT2D eigenvalue weighted by Crippen LogP contribution is 2.08. The fourth-order valence-corrected chi connectivity index (χ4v) is 2.81. The van der Waals surface area contributed by atoms with E-state index in [0.717, 1.165) is 65.6 Å². The van der Waals surface area contributed by atoms with Gasteiger partial charge in [0.25, 0.3) is 0 Å². The summed E-state index contributed by atoms with van der Waals surface area (Å²) in [6.07, 6.45) is 0.688. The number of hydrogen-bond donors (Lipinski definition) is 0. The van der Waals surface area contributed by atoms with Crippen LogP contribution in [0, 0.1) is 5.92 Å². The molecular formula is C15H29N3O2. The molecule has 2 aliphatic rings. The lowest BCUT2D eigenvalue weighted by molar-refractivity contribution is -0.133. The van der Waals surface area contributed by atoms with E-state index in [1.54, 1.807) is 0 Å². The molecule has 0 aromatic carbocycles. The van der Waals surface area contributed by atoms with Gasteiger partial charge in [0, 0.05) is 58.8 Å². The summed E-state index contributed by atoms with van der Waals surface area (Å²) in [6, 6.07) is 0. The van der Waals surface area contributed by atoms with Gasteiger partial charge in [-0.1, -0.05) is 13.8 Å². The van der Waals surface area contributed by atoms with Crippen molar-refractivity contribution in [2.75, 3.05) is 65.6 Å². The van der Waals surface area contributed by atoms with E-state index in [2.05, 4.69) is 23.6 Å². The normalized spacial score (nSPS) is 22.4. The molecule has 0 aromatic heterocycles. The maximum Gasteiger partial charge on any atom is 0.222 e. The number of carbonyl (C=O) groups excluding carboxylic acids is 1. The SMILES string of the molecule is CC(C)CC(=O)N1CCN(CCN2CCOCC2)CC1. The first-order valence-corrected chi connectivity index (χ1v) is 7.95. The second-order valence-corrected chi connectivity index (χ2v) is 6.27. The van der Waals surface area contributed by atoms with Crippen LogP contribution in [0.25, 0.3) is 0 Å². The van der Waals surface area contributed by atoms with Crippen molar-refractivity contribution in [1.82, 2.24) is 14.7 Å². The Labute approximate surface area is 122 Å². The predicted molar refractivity (Wildman–Crippen MR) is 79.7 cm³/mol. The molecule has 0 bridgehead atoms. The van der Waals surface area contributed by atoms with Crippen LogP contribution in [0.15, 0.2) is 0 Å². The molecule has 2 rings (SSSR count). The molecule has 5 nitrogen and oxygen atoms in total. The molecule has 0 N–H and O–H groups in total. The highest BCUT2D eigenvalue weighted by molar-refractivity contribution is 5.76. The van der Waals surface area contributed by atoms with Crippen LogP contribution in [0.1, 0.15) is 20.3 Å². The summed E-state index contributed by atoms with van der Waals surface area (Å²) in [5.41, 5.74) is 0. The Kier molecular flexibility index (Phi) is 6.26. The smallest absolute Gasteiger partial charge is 0.222 e. The minimum absolute atomic E-state index is 0.327. The molecule has 0 aromatic rings. The number of piperazine rings is 1. The van der Waals surface area contributed by atoms with Gasteiger partial charge in [-0.15, -0.1) is 0 Å². The standard InChI is InChI=1S/C15H29N3O2/c1-14(2)13-15(19)18-7-5-16(6-8-18)3-4-17-9-11-20-12-10-17/h14H,3-13H2,1-2H3.